The van der Waals surface area contributed by atoms with E-state index in [1.807, 2.05) is 24.3 Å². The van der Waals surface area contributed by atoms with Crippen LogP contribution in [0.4, 0.5) is 17.2 Å². The number of rotatable bonds is 6. The number of methoxy groups -OCH3 is 3. The van der Waals surface area contributed by atoms with Crippen molar-refractivity contribution in [2.75, 3.05) is 38.1 Å². The van der Waals surface area contributed by atoms with Gasteiger partial charge in [-0.3, -0.25) is 4.79 Å². The summed E-state index contributed by atoms with van der Waals surface area (Å²) in [6.45, 7) is 0.644. The van der Waals surface area contributed by atoms with Crippen LogP contribution in [0.5, 0.6) is 17.2 Å². The summed E-state index contributed by atoms with van der Waals surface area (Å²) in [6.07, 6.45) is 0.843. The van der Waals surface area contributed by atoms with Crippen molar-refractivity contribution in [1.29, 1.82) is 0 Å². The van der Waals surface area contributed by atoms with Crippen LogP contribution >= 0.6 is 0 Å². The summed E-state index contributed by atoms with van der Waals surface area (Å²) in [6, 6.07) is 14.8. The molecule has 8 heteroatoms. The van der Waals surface area contributed by atoms with Gasteiger partial charge in [0.05, 0.1) is 21.3 Å². The average molecular weight is 406 g/mol. The van der Waals surface area contributed by atoms with Crippen LogP contribution < -0.4 is 24.4 Å². The molecule has 1 aliphatic heterocycles. The molecule has 30 heavy (non-hydrogen) atoms. The van der Waals surface area contributed by atoms with Crippen molar-refractivity contribution in [2.45, 2.75) is 6.42 Å². The largest absolute Gasteiger partial charge is 0.493 e. The Kier molecular flexibility index (Phi) is 5.38. The van der Waals surface area contributed by atoms with Crippen LogP contribution in [0.15, 0.2) is 48.5 Å². The maximum Gasteiger partial charge on any atom is 0.278 e. The number of ether oxygens (including phenoxy) is 3. The van der Waals surface area contributed by atoms with Gasteiger partial charge in [-0.15, -0.1) is 10.2 Å². The van der Waals surface area contributed by atoms with Crippen LogP contribution in [0.25, 0.3) is 0 Å². The number of hydrogen-bond acceptors (Lipinski definition) is 7. The fourth-order valence-corrected chi connectivity index (χ4v) is 3.50. The van der Waals surface area contributed by atoms with Gasteiger partial charge < -0.3 is 24.4 Å². The van der Waals surface area contributed by atoms with Gasteiger partial charge >= 0.3 is 0 Å². The fourth-order valence-electron chi connectivity index (χ4n) is 3.50. The molecule has 8 nitrogen and oxygen atoms in total. The van der Waals surface area contributed by atoms with Crippen molar-refractivity contribution in [3.8, 4) is 17.2 Å². The molecule has 0 fully saturated rings. The molecular weight excluding hydrogens is 384 g/mol. The van der Waals surface area contributed by atoms with Gasteiger partial charge in [0.25, 0.3) is 5.91 Å². The Morgan fingerprint density at radius 2 is 1.70 bits per heavy atom. The predicted octanol–water partition coefficient (Wildman–Crippen LogP) is 3.45. The molecule has 1 aromatic heterocycles. The van der Waals surface area contributed by atoms with E-state index in [1.54, 1.807) is 50.5 Å². The Hall–Kier alpha value is -3.81. The Balaban J connectivity index is 1.53. The summed E-state index contributed by atoms with van der Waals surface area (Å²) in [5.74, 6) is 1.87. The molecule has 1 aliphatic rings. The highest BCUT2D eigenvalue weighted by atomic mass is 16.5. The van der Waals surface area contributed by atoms with E-state index in [1.165, 1.54) is 5.56 Å². The molecule has 0 unspecified atom stereocenters. The first kappa shape index (κ1) is 19.5. The van der Waals surface area contributed by atoms with E-state index in [0.29, 0.717) is 41.0 Å². The normalized spacial score (nSPS) is 12.3. The third kappa shape index (κ3) is 3.59. The first-order chi connectivity index (χ1) is 14.6. The molecule has 0 radical (unpaired) electrons. The van der Waals surface area contributed by atoms with Crippen LogP contribution in [-0.4, -0.2) is 44.0 Å². The molecule has 1 amide bonds. The van der Waals surface area contributed by atoms with Gasteiger partial charge in [-0.2, -0.15) is 0 Å². The number of nitrogens with zero attached hydrogens (tertiary/aromatic N) is 3. The number of nitrogens with one attached hydrogen (secondary N) is 1. The van der Waals surface area contributed by atoms with Crippen LogP contribution in [0, 0.1) is 0 Å². The standard InChI is InChI=1S/C22H22N4O4/c1-28-18-12-15(13-19(29-2)21(18)30-3)23-20-9-8-16(24-25-20)22(27)26-11-10-14-6-4-5-7-17(14)26/h4-9,12-13H,10-11H2,1-3H3,(H,23,25). The molecule has 2 aromatic carbocycles. The number of carbonyl (C=O) groups is 1. The van der Waals surface area contributed by atoms with Crippen molar-refractivity contribution < 1.29 is 19.0 Å². The minimum absolute atomic E-state index is 0.160. The van der Waals surface area contributed by atoms with Crippen molar-refractivity contribution in [3.05, 3.63) is 59.8 Å². The van der Waals surface area contributed by atoms with Crippen LogP contribution in [0.1, 0.15) is 16.1 Å². The Labute approximate surface area is 174 Å². The molecule has 1 N–H and O–H groups in total. The van der Waals surface area contributed by atoms with E-state index in [-0.39, 0.29) is 5.91 Å². The smallest absolute Gasteiger partial charge is 0.278 e. The van der Waals surface area contributed by atoms with Gasteiger partial charge in [0, 0.05) is 30.1 Å². The molecule has 0 aliphatic carbocycles. The minimum atomic E-state index is -0.160. The Morgan fingerprint density at radius 1 is 0.967 bits per heavy atom. The number of fused-ring (bicyclic) bond motifs is 1. The van der Waals surface area contributed by atoms with E-state index in [4.69, 9.17) is 14.2 Å². The minimum Gasteiger partial charge on any atom is -0.493 e. The highest BCUT2D eigenvalue weighted by Gasteiger charge is 2.26. The lowest BCUT2D eigenvalue weighted by molar-refractivity contribution is 0.0983. The Morgan fingerprint density at radius 3 is 2.33 bits per heavy atom. The topological polar surface area (TPSA) is 85.8 Å². The SMILES string of the molecule is COc1cc(Nc2ccc(C(=O)N3CCc4ccccc43)nn2)cc(OC)c1OC. The van der Waals surface area contributed by atoms with Gasteiger partial charge in [0.1, 0.15) is 0 Å². The summed E-state index contributed by atoms with van der Waals surface area (Å²) in [5.41, 5.74) is 3.08. The van der Waals surface area contributed by atoms with E-state index < -0.39 is 0 Å². The molecule has 0 saturated heterocycles. The Bertz CT molecular complexity index is 1040. The number of anilines is 3. The second kappa shape index (κ2) is 8.28. The van der Waals surface area contributed by atoms with Gasteiger partial charge in [-0.25, -0.2) is 0 Å². The molecule has 154 valence electrons. The van der Waals surface area contributed by atoms with Gasteiger partial charge in [-0.05, 0) is 30.2 Å². The average Bonchev–Trinajstić information content (AvgIpc) is 3.22. The van der Waals surface area contributed by atoms with Gasteiger partial charge in [0.2, 0.25) is 5.75 Å². The zero-order valence-electron chi connectivity index (χ0n) is 17.0. The molecule has 0 bridgehead atoms. The quantitative estimate of drug-likeness (QED) is 0.671. The number of carbonyl (C=O) groups excluding carboxylic acids is 1. The van der Waals surface area contributed by atoms with E-state index in [2.05, 4.69) is 15.5 Å². The second-order valence-electron chi connectivity index (χ2n) is 6.68. The first-order valence-electron chi connectivity index (χ1n) is 9.45. The summed E-state index contributed by atoms with van der Waals surface area (Å²) < 4.78 is 16.1. The van der Waals surface area contributed by atoms with Gasteiger partial charge in [-0.1, -0.05) is 18.2 Å². The second-order valence-corrected chi connectivity index (χ2v) is 6.68. The fraction of sp³-hybridized carbons (Fsp3) is 0.227. The zero-order valence-corrected chi connectivity index (χ0v) is 17.0. The zero-order chi connectivity index (χ0) is 21.1. The van der Waals surface area contributed by atoms with E-state index in [0.717, 1.165) is 12.1 Å². The number of amides is 1. The summed E-state index contributed by atoms with van der Waals surface area (Å²) >= 11 is 0. The van der Waals surface area contributed by atoms with Crippen molar-refractivity contribution in [3.63, 3.8) is 0 Å². The maximum atomic E-state index is 12.9. The number of para-hydroxylation sites is 1. The highest BCUT2D eigenvalue weighted by molar-refractivity contribution is 6.06. The van der Waals surface area contributed by atoms with Crippen molar-refractivity contribution >= 4 is 23.1 Å². The third-order valence-corrected chi connectivity index (χ3v) is 4.95. The molecule has 4 rings (SSSR count). The van der Waals surface area contributed by atoms with Crippen LogP contribution in [0.2, 0.25) is 0 Å². The number of benzene rings is 2. The maximum absolute atomic E-state index is 12.9. The summed E-state index contributed by atoms with van der Waals surface area (Å²) in [7, 11) is 4.66. The van der Waals surface area contributed by atoms with E-state index in [9.17, 15) is 4.79 Å². The van der Waals surface area contributed by atoms with Crippen LogP contribution in [-0.2, 0) is 6.42 Å². The number of aromatic nitrogens is 2. The lowest BCUT2D eigenvalue weighted by Crippen LogP contribution is -2.29. The molecule has 0 saturated carbocycles. The third-order valence-electron chi connectivity index (χ3n) is 4.95. The lowest BCUT2D eigenvalue weighted by atomic mass is 10.2. The molecule has 2 heterocycles. The summed E-state index contributed by atoms with van der Waals surface area (Å²) in [4.78, 5) is 14.6. The van der Waals surface area contributed by atoms with Gasteiger partial charge in [0.15, 0.2) is 23.0 Å². The highest BCUT2D eigenvalue weighted by Crippen LogP contribution is 2.40. The van der Waals surface area contributed by atoms with E-state index >= 15 is 0 Å². The molecular formula is C22H22N4O4. The van der Waals surface area contributed by atoms with Crippen molar-refractivity contribution in [2.24, 2.45) is 0 Å². The molecule has 0 spiro atoms. The first-order valence-corrected chi connectivity index (χ1v) is 9.45. The predicted molar refractivity (Wildman–Crippen MR) is 113 cm³/mol. The molecule has 0 atom stereocenters. The summed E-state index contributed by atoms with van der Waals surface area (Å²) in [5, 5.41) is 11.4. The number of hydrogen-bond donors (Lipinski definition) is 1. The monoisotopic (exact) mass is 406 g/mol. The van der Waals surface area contributed by atoms with Crippen LogP contribution in [0.3, 0.4) is 0 Å². The van der Waals surface area contributed by atoms with Crippen molar-refractivity contribution in [1.82, 2.24) is 10.2 Å². The lowest BCUT2D eigenvalue weighted by Gasteiger charge is -2.17. The molecule has 3 aromatic rings.